The second kappa shape index (κ2) is 8.99. The number of halogens is 1. The number of ether oxygens (including phenoxy) is 1. The number of carboxylic acids is 2. The summed E-state index contributed by atoms with van der Waals surface area (Å²) in [6.45, 7) is -0.838. The number of rotatable bonds is 8. The molecule has 3 heterocycles. The number of carboxylic acid groups (broad SMARTS) is 2. The van der Waals surface area contributed by atoms with Gasteiger partial charge in [0.2, 0.25) is 6.61 Å². The van der Waals surface area contributed by atoms with Gasteiger partial charge in [-0.25, -0.2) is 14.6 Å². The molecule has 5 N–H and O–H groups in total. The van der Waals surface area contributed by atoms with E-state index in [0.717, 1.165) is 16.2 Å². The van der Waals surface area contributed by atoms with Gasteiger partial charge in [-0.05, 0) is 0 Å². The van der Waals surface area contributed by atoms with Gasteiger partial charge in [-0.15, -0.1) is 11.8 Å². The van der Waals surface area contributed by atoms with Crippen molar-refractivity contribution in [3.05, 3.63) is 21.5 Å². The first-order chi connectivity index (χ1) is 14.6. The maximum absolute atomic E-state index is 12.8. The van der Waals surface area contributed by atoms with E-state index in [9.17, 15) is 24.3 Å². The third-order valence-corrected chi connectivity index (χ3v) is 6.39. The van der Waals surface area contributed by atoms with Gasteiger partial charge in [0.25, 0.3) is 11.8 Å². The Balaban J connectivity index is 1.82. The van der Waals surface area contributed by atoms with Crippen molar-refractivity contribution >= 4 is 69.3 Å². The molecule has 0 aliphatic carbocycles. The normalized spacial score (nSPS) is 20.6. The minimum Gasteiger partial charge on any atom is -0.498 e. The number of amides is 2. The van der Waals surface area contributed by atoms with Crippen molar-refractivity contribution in [2.45, 2.75) is 11.4 Å². The van der Waals surface area contributed by atoms with E-state index >= 15 is 0 Å². The minimum atomic E-state index is -1.34. The number of hydrogen-bond acceptors (Lipinski definition) is 11. The molecule has 1 aromatic rings. The van der Waals surface area contributed by atoms with Crippen LogP contribution in [0, 0.1) is 0 Å². The van der Waals surface area contributed by atoms with E-state index in [1.165, 1.54) is 18.9 Å². The number of carbonyl (C=O) groups excluding carboxylic acids is 2. The lowest BCUT2D eigenvalue weighted by Crippen LogP contribution is -2.71. The number of nitrogens with two attached hydrogens (primary N) is 1. The van der Waals surface area contributed by atoms with E-state index in [-0.39, 0.29) is 32.4 Å². The number of hydrogen-bond donors (Lipinski definition) is 4. The van der Waals surface area contributed by atoms with Crippen LogP contribution in [0.5, 0.6) is 0 Å². The molecule has 31 heavy (non-hydrogen) atoms. The zero-order chi connectivity index (χ0) is 22.9. The van der Waals surface area contributed by atoms with Gasteiger partial charge in [0.1, 0.15) is 27.2 Å². The number of nitrogens with zero attached hydrogens (tertiary/aromatic N) is 3. The number of thioether (sulfide) groups is 1. The van der Waals surface area contributed by atoms with Crippen molar-refractivity contribution < 1.29 is 39.0 Å². The predicted octanol–water partition coefficient (Wildman–Crippen LogP) is -0.473. The Kier molecular flexibility index (Phi) is 6.56. The van der Waals surface area contributed by atoms with Gasteiger partial charge >= 0.3 is 11.9 Å². The molecule has 16 heteroatoms. The van der Waals surface area contributed by atoms with Gasteiger partial charge in [-0.2, -0.15) is 0 Å². The fourth-order valence-electron chi connectivity index (χ4n) is 2.76. The fourth-order valence-corrected chi connectivity index (χ4v) is 5.00. The number of anilines is 1. The van der Waals surface area contributed by atoms with Crippen molar-refractivity contribution in [2.24, 2.45) is 5.16 Å². The van der Waals surface area contributed by atoms with Crippen LogP contribution < -0.4 is 11.1 Å². The van der Waals surface area contributed by atoms with E-state index in [0.29, 0.717) is 0 Å². The largest absolute Gasteiger partial charge is 0.498 e. The summed E-state index contributed by atoms with van der Waals surface area (Å²) >= 11 is 8.06. The summed E-state index contributed by atoms with van der Waals surface area (Å²) in [5.74, 6) is -3.98. The number of thiazole rings is 1. The highest BCUT2D eigenvalue weighted by Crippen LogP contribution is 2.40. The summed E-state index contributed by atoms with van der Waals surface area (Å²) < 4.78 is 5.04. The SMILES string of the molecule is COC1=C(C(=O)O)N2C(=O)C(NC(=O)C(=NOCC(=O)O)c3nc(N)sc3Cl)[C@H]2SC1. The summed E-state index contributed by atoms with van der Waals surface area (Å²) in [7, 11) is 1.30. The first-order valence-electron chi connectivity index (χ1n) is 8.25. The second-order valence-electron chi connectivity index (χ2n) is 5.92. The maximum Gasteiger partial charge on any atom is 0.356 e. The predicted molar refractivity (Wildman–Crippen MR) is 108 cm³/mol. The molecule has 3 rings (SSSR count). The molecule has 0 aromatic carbocycles. The Morgan fingerprint density at radius 1 is 1.42 bits per heavy atom. The van der Waals surface area contributed by atoms with E-state index in [1.54, 1.807) is 0 Å². The van der Waals surface area contributed by atoms with E-state index < -0.39 is 47.5 Å². The topological polar surface area (TPSA) is 194 Å². The Bertz CT molecular complexity index is 1030. The van der Waals surface area contributed by atoms with Crippen LogP contribution >= 0.6 is 34.7 Å². The summed E-state index contributed by atoms with van der Waals surface area (Å²) in [6.07, 6.45) is 0. The summed E-state index contributed by atoms with van der Waals surface area (Å²) in [4.78, 5) is 57.1. The van der Waals surface area contributed by atoms with Gasteiger partial charge in [0.15, 0.2) is 16.5 Å². The van der Waals surface area contributed by atoms with Crippen LogP contribution in [0.25, 0.3) is 0 Å². The molecule has 0 bridgehead atoms. The monoisotopic (exact) mass is 491 g/mol. The molecular weight excluding hydrogens is 478 g/mol. The summed E-state index contributed by atoms with van der Waals surface area (Å²) in [5, 5.41) is 23.4. The van der Waals surface area contributed by atoms with E-state index in [1.807, 2.05) is 0 Å². The minimum absolute atomic E-state index is 0.000220. The van der Waals surface area contributed by atoms with E-state index in [4.69, 9.17) is 27.2 Å². The number of β-lactam (4-membered cyclic amide) rings is 1. The van der Waals surface area contributed by atoms with Gasteiger partial charge in [0.05, 0.1) is 12.9 Å². The Hall–Kier alpha value is -3.04. The summed E-state index contributed by atoms with van der Waals surface area (Å²) in [5.41, 5.74) is 4.64. The fraction of sp³-hybridized carbons (Fsp3) is 0.333. The lowest BCUT2D eigenvalue weighted by molar-refractivity contribution is -0.150. The highest BCUT2D eigenvalue weighted by atomic mass is 35.5. The number of aromatic nitrogens is 1. The van der Waals surface area contributed by atoms with Crippen LogP contribution in [0.3, 0.4) is 0 Å². The highest BCUT2D eigenvalue weighted by Gasteiger charge is 2.55. The van der Waals surface area contributed by atoms with Crippen molar-refractivity contribution in [1.29, 1.82) is 0 Å². The average Bonchev–Trinajstić information content (AvgIpc) is 3.05. The smallest absolute Gasteiger partial charge is 0.356 e. The molecule has 1 saturated heterocycles. The summed E-state index contributed by atoms with van der Waals surface area (Å²) in [6, 6.07) is -1.08. The molecule has 2 atom stereocenters. The average molecular weight is 492 g/mol. The first-order valence-corrected chi connectivity index (χ1v) is 10.5. The Labute approximate surface area is 186 Å². The molecule has 2 amide bonds. The molecule has 1 unspecified atom stereocenters. The van der Waals surface area contributed by atoms with Gasteiger partial charge < -0.3 is 30.8 Å². The molecule has 0 saturated carbocycles. The number of nitrogens with one attached hydrogen (secondary N) is 1. The van der Waals surface area contributed by atoms with Gasteiger partial charge in [-0.3, -0.25) is 14.5 Å². The Morgan fingerprint density at radius 3 is 2.68 bits per heavy atom. The van der Waals surface area contributed by atoms with Gasteiger partial charge in [0, 0.05) is 0 Å². The van der Waals surface area contributed by atoms with Crippen molar-refractivity contribution in [2.75, 3.05) is 25.2 Å². The van der Waals surface area contributed by atoms with E-state index in [2.05, 4.69) is 20.3 Å². The molecule has 166 valence electrons. The molecule has 2 aliphatic rings. The van der Waals surface area contributed by atoms with Crippen LogP contribution in [0.15, 0.2) is 16.6 Å². The van der Waals surface area contributed by atoms with Crippen LogP contribution in [0.4, 0.5) is 5.13 Å². The molecular formula is C15H14ClN5O8S2. The Morgan fingerprint density at radius 2 is 2.13 bits per heavy atom. The number of methoxy groups -OCH3 is 1. The molecule has 1 aromatic heterocycles. The highest BCUT2D eigenvalue weighted by molar-refractivity contribution is 8.00. The zero-order valence-corrected chi connectivity index (χ0v) is 17.9. The molecule has 0 spiro atoms. The second-order valence-corrected chi connectivity index (χ2v) is 8.66. The standard InChI is InChI=1S/C15H14ClN5O8S2/c1-28-4-3-30-13-8(12(25)21(13)9(4)14(26)27)18-11(24)7(20-29-2-5(22)23)6-10(16)31-15(17)19-6/h8,13H,2-3H2,1H3,(H2,17,19)(H,18,24)(H,22,23)(H,26,27)/t8?,13-/m1/s1. The number of aliphatic carboxylic acids is 2. The lowest BCUT2D eigenvalue weighted by Gasteiger charge is -2.48. The first kappa shape index (κ1) is 22.6. The van der Waals surface area contributed by atoms with Crippen LogP contribution in [-0.2, 0) is 28.8 Å². The van der Waals surface area contributed by atoms with Crippen molar-refractivity contribution in [3.8, 4) is 0 Å². The lowest BCUT2D eigenvalue weighted by atomic mass is 10.0. The third-order valence-electron chi connectivity index (χ3n) is 4.05. The maximum atomic E-state index is 12.8. The van der Waals surface area contributed by atoms with Crippen LogP contribution in [-0.4, -0.2) is 80.4 Å². The number of carbonyl (C=O) groups is 4. The van der Waals surface area contributed by atoms with Crippen LogP contribution in [0.1, 0.15) is 5.69 Å². The molecule has 2 aliphatic heterocycles. The number of oxime groups is 1. The quantitative estimate of drug-likeness (QED) is 0.208. The zero-order valence-electron chi connectivity index (χ0n) is 15.5. The van der Waals surface area contributed by atoms with Crippen molar-refractivity contribution in [1.82, 2.24) is 15.2 Å². The van der Waals surface area contributed by atoms with Crippen LogP contribution in [0.2, 0.25) is 4.34 Å². The number of fused-ring (bicyclic) bond motifs is 1. The molecule has 0 radical (unpaired) electrons. The number of nitrogen functional groups attached to an aromatic ring is 1. The third kappa shape index (κ3) is 4.38. The molecule has 13 nitrogen and oxygen atoms in total. The molecule has 1 fully saturated rings. The van der Waals surface area contributed by atoms with Crippen molar-refractivity contribution in [3.63, 3.8) is 0 Å². The van der Waals surface area contributed by atoms with Gasteiger partial charge in [-0.1, -0.05) is 28.1 Å².